The molecule has 6 nitrogen and oxygen atoms in total. The summed E-state index contributed by atoms with van der Waals surface area (Å²) in [6.45, 7) is 4.02. The Hall–Kier alpha value is -1.60. The molecule has 1 amide bonds. The van der Waals surface area contributed by atoms with Crippen LogP contribution in [0, 0.1) is 6.92 Å². The molecule has 23 heavy (non-hydrogen) atoms. The number of halogens is 1. The van der Waals surface area contributed by atoms with Gasteiger partial charge in [-0.25, -0.2) is 4.79 Å². The average Bonchev–Trinajstić information content (AvgIpc) is 2.50. The highest BCUT2D eigenvalue weighted by Gasteiger charge is 2.41. The number of carboxylic acid groups (broad SMARTS) is 1. The van der Waals surface area contributed by atoms with E-state index in [0.29, 0.717) is 5.75 Å². The van der Waals surface area contributed by atoms with Gasteiger partial charge in [-0.15, -0.1) is 0 Å². The Kier molecular flexibility index (Phi) is 5.31. The zero-order chi connectivity index (χ0) is 17.2. The van der Waals surface area contributed by atoms with Gasteiger partial charge in [0, 0.05) is 25.9 Å². The van der Waals surface area contributed by atoms with Crippen molar-refractivity contribution in [2.45, 2.75) is 38.4 Å². The first-order chi connectivity index (χ1) is 10.7. The molecule has 0 spiro atoms. The van der Waals surface area contributed by atoms with Crippen molar-refractivity contribution in [1.29, 1.82) is 0 Å². The first-order valence-electron chi connectivity index (χ1n) is 7.40. The molecule has 0 bridgehead atoms. The number of carboxylic acids is 1. The Labute approximate surface area is 143 Å². The van der Waals surface area contributed by atoms with Crippen molar-refractivity contribution in [3.8, 4) is 5.75 Å². The lowest BCUT2D eigenvalue weighted by molar-refractivity contribution is -0.166. The molecule has 1 aliphatic heterocycles. The third kappa shape index (κ3) is 4.03. The Bertz CT molecular complexity index is 610. The molecule has 0 aliphatic carbocycles. The minimum absolute atomic E-state index is 0.0228. The SMILES string of the molecule is Cc1ccc(OC(C)C(=O)N2CCC(O)(C(=O)O)CC2)c(Br)c1. The van der Waals surface area contributed by atoms with E-state index in [0.717, 1.165) is 10.0 Å². The van der Waals surface area contributed by atoms with Crippen molar-refractivity contribution in [2.24, 2.45) is 0 Å². The first-order valence-corrected chi connectivity index (χ1v) is 8.19. The van der Waals surface area contributed by atoms with E-state index in [-0.39, 0.29) is 31.8 Å². The van der Waals surface area contributed by atoms with E-state index in [9.17, 15) is 14.7 Å². The second-order valence-electron chi connectivity index (χ2n) is 5.86. The number of aryl methyl sites for hydroxylation is 1. The van der Waals surface area contributed by atoms with Gasteiger partial charge in [0.1, 0.15) is 5.75 Å². The Morgan fingerprint density at radius 1 is 1.35 bits per heavy atom. The maximum absolute atomic E-state index is 12.4. The Morgan fingerprint density at radius 3 is 2.48 bits per heavy atom. The summed E-state index contributed by atoms with van der Waals surface area (Å²) in [7, 11) is 0. The molecule has 0 aromatic heterocycles. The van der Waals surface area contributed by atoms with E-state index >= 15 is 0 Å². The molecule has 126 valence electrons. The van der Waals surface area contributed by atoms with Gasteiger partial charge in [-0.2, -0.15) is 0 Å². The van der Waals surface area contributed by atoms with Gasteiger partial charge in [-0.3, -0.25) is 4.79 Å². The van der Waals surface area contributed by atoms with Gasteiger partial charge >= 0.3 is 5.97 Å². The summed E-state index contributed by atoms with van der Waals surface area (Å²) in [6, 6.07) is 5.59. The molecule has 0 radical (unpaired) electrons. The van der Waals surface area contributed by atoms with Crippen LogP contribution in [0.3, 0.4) is 0 Å². The van der Waals surface area contributed by atoms with E-state index in [4.69, 9.17) is 9.84 Å². The Morgan fingerprint density at radius 2 is 1.96 bits per heavy atom. The van der Waals surface area contributed by atoms with Crippen molar-refractivity contribution >= 4 is 27.8 Å². The number of nitrogens with zero attached hydrogens (tertiary/aromatic N) is 1. The van der Waals surface area contributed by atoms with Gasteiger partial charge in [-0.05, 0) is 47.5 Å². The van der Waals surface area contributed by atoms with Crippen LogP contribution in [0.2, 0.25) is 0 Å². The molecule has 1 fully saturated rings. The number of ether oxygens (including phenoxy) is 1. The summed E-state index contributed by atoms with van der Waals surface area (Å²) in [4.78, 5) is 25.0. The average molecular weight is 386 g/mol. The Balaban J connectivity index is 1.97. The number of carbonyl (C=O) groups excluding carboxylic acids is 1. The number of hydrogen-bond donors (Lipinski definition) is 2. The number of aliphatic carboxylic acids is 1. The smallest absolute Gasteiger partial charge is 0.335 e. The number of piperidine rings is 1. The predicted molar refractivity (Wildman–Crippen MR) is 87.4 cm³/mol. The van der Waals surface area contributed by atoms with Gasteiger partial charge in [0.15, 0.2) is 11.7 Å². The zero-order valence-electron chi connectivity index (χ0n) is 13.1. The number of carbonyl (C=O) groups is 2. The normalized spacial score (nSPS) is 18.3. The largest absolute Gasteiger partial charge is 0.480 e. The summed E-state index contributed by atoms with van der Waals surface area (Å²) < 4.78 is 6.47. The molecule has 1 saturated heterocycles. The maximum atomic E-state index is 12.4. The quantitative estimate of drug-likeness (QED) is 0.826. The molecule has 1 unspecified atom stereocenters. The van der Waals surface area contributed by atoms with Gasteiger partial charge < -0.3 is 19.8 Å². The number of benzene rings is 1. The highest BCUT2D eigenvalue weighted by atomic mass is 79.9. The number of aliphatic hydroxyl groups is 1. The van der Waals surface area contributed by atoms with Crippen LogP contribution in [-0.4, -0.2) is 51.8 Å². The van der Waals surface area contributed by atoms with E-state index < -0.39 is 17.7 Å². The fraction of sp³-hybridized carbons (Fsp3) is 0.500. The molecule has 2 rings (SSSR count). The third-order valence-corrected chi connectivity index (χ3v) is 4.66. The first kappa shape index (κ1) is 17.7. The second kappa shape index (κ2) is 6.88. The van der Waals surface area contributed by atoms with Crippen molar-refractivity contribution in [2.75, 3.05) is 13.1 Å². The number of amides is 1. The lowest BCUT2D eigenvalue weighted by Crippen LogP contribution is -2.53. The second-order valence-corrected chi connectivity index (χ2v) is 6.71. The molecule has 1 atom stereocenters. The topological polar surface area (TPSA) is 87.1 Å². The lowest BCUT2D eigenvalue weighted by Gasteiger charge is -2.36. The van der Waals surface area contributed by atoms with E-state index in [2.05, 4.69) is 15.9 Å². The third-order valence-electron chi connectivity index (χ3n) is 4.04. The van der Waals surface area contributed by atoms with Crippen molar-refractivity contribution in [3.05, 3.63) is 28.2 Å². The number of hydrogen-bond acceptors (Lipinski definition) is 4. The van der Waals surface area contributed by atoms with Crippen LogP contribution < -0.4 is 4.74 Å². The molecule has 7 heteroatoms. The monoisotopic (exact) mass is 385 g/mol. The van der Waals surface area contributed by atoms with Crippen LogP contribution >= 0.6 is 15.9 Å². The van der Waals surface area contributed by atoms with Crippen molar-refractivity contribution in [1.82, 2.24) is 4.90 Å². The van der Waals surface area contributed by atoms with Crippen molar-refractivity contribution < 1.29 is 24.5 Å². The summed E-state index contributed by atoms with van der Waals surface area (Å²) in [6.07, 6.45) is -0.644. The molecule has 1 aromatic carbocycles. The van der Waals surface area contributed by atoms with Crippen LogP contribution in [0.5, 0.6) is 5.75 Å². The standard InChI is InChI=1S/C16H20BrNO5/c1-10-3-4-13(12(17)9-10)23-11(2)14(19)18-7-5-16(22,6-8-18)15(20)21/h3-4,9,11,22H,5-8H2,1-2H3,(H,20,21). The van der Waals surface area contributed by atoms with E-state index in [1.807, 2.05) is 19.1 Å². The molecular formula is C16H20BrNO5. The number of likely N-dealkylation sites (tertiary alicyclic amines) is 1. The highest BCUT2D eigenvalue weighted by molar-refractivity contribution is 9.10. The minimum atomic E-state index is -1.74. The molecule has 1 aliphatic rings. The molecule has 1 heterocycles. The molecule has 1 aromatic rings. The summed E-state index contributed by atoms with van der Waals surface area (Å²) in [5.74, 6) is -0.877. The fourth-order valence-corrected chi connectivity index (χ4v) is 3.10. The van der Waals surface area contributed by atoms with Gasteiger partial charge in [0.25, 0.3) is 5.91 Å². The van der Waals surface area contributed by atoms with Gasteiger partial charge in [0.05, 0.1) is 4.47 Å². The van der Waals surface area contributed by atoms with E-state index in [1.165, 1.54) is 4.90 Å². The van der Waals surface area contributed by atoms with Crippen molar-refractivity contribution in [3.63, 3.8) is 0 Å². The zero-order valence-corrected chi connectivity index (χ0v) is 14.7. The van der Waals surface area contributed by atoms with Crippen LogP contribution in [0.25, 0.3) is 0 Å². The van der Waals surface area contributed by atoms with Crippen LogP contribution in [0.15, 0.2) is 22.7 Å². The minimum Gasteiger partial charge on any atom is -0.480 e. The maximum Gasteiger partial charge on any atom is 0.335 e. The van der Waals surface area contributed by atoms with Gasteiger partial charge in [0.2, 0.25) is 0 Å². The fourth-order valence-electron chi connectivity index (χ4n) is 2.51. The molecule has 0 saturated carbocycles. The van der Waals surface area contributed by atoms with Crippen LogP contribution in [0.1, 0.15) is 25.3 Å². The lowest BCUT2D eigenvalue weighted by atomic mass is 9.91. The number of rotatable bonds is 4. The van der Waals surface area contributed by atoms with Gasteiger partial charge in [-0.1, -0.05) is 6.07 Å². The van der Waals surface area contributed by atoms with E-state index in [1.54, 1.807) is 13.0 Å². The molecular weight excluding hydrogens is 366 g/mol. The highest BCUT2D eigenvalue weighted by Crippen LogP contribution is 2.28. The molecule has 2 N–H and O–H groups in total. The summed E-state index contributed by atoms with van der Waals surface area (Å²) in [5.41, 5.74) is -0.659. The van der Waals surface area contributed by atoms with Crippen LogP contribution in [0.4, 0.5) is 0 Å². The predicted octanol–water partition coefficient (Wildman–Crippen LogP) is 1.96. The summed E-state index contributed by atoms with van der Waals surface area (Å²) in [5, 5.41) is 18.9. The van der Waals surface area contributed by atoms with Crippen LogP contribution in [-0.2, 0) is 9.59 Å². The summed E-state index contributed by atoms with van der Waals surface area (Å²) >= 11 is 3.40.